The van der Waals surface area contributed by atoms with Crippen molar-refractivity contribution in [3.63, 3.8) is 0 Å². The van der Waals surface area contributed by atoms with Gasteiger partial charge in [0.05, 0.1) is 19.2 Å². The molecule has 0 aromatic carbocycles. The van der Waals surface area contributed by atoms with E-state index < -0.39 is 12.0 Å². The Hall–Kier alpha value is -3.36. The van der Waals surface area contributed by atoms with Crippen LogP contribution in [0.2, 0.25) is 0 Å². The number of aromatic nitrogens is 2. The maximum atomic E-state index is 13.1. The van der Waals surface area contributed by atoms with Crippen molar-refractivity contribution in [2.24, 2.45) is 5.92 Å². The van der Waals surface area contributed by atoms with E-state index in [-0.39, 0.29) is 36.7 Å². The van der Waals surface area contributed by atoms with Gasteiger partial charge in [-0.3, -0.25) is 18.8 Å². The number of aliphatic carboxylic acids is 1. The summed E-state index contributed by atoms with van der Waals surface area (Å²) < 4.78 is 6.62. The van der Waals surface area contributed by atoms with Crippen molar-refractivity contribution in [1.29, 1.82) is 0 Å². The summed E-state index contributed by atoms with van der Waals surface area (Å²) in [5.74, 6) is -0.459. The zero-order chi connectivity index (χ0) is 24.8. The van der Waals surface area contributed by atoms with Gasteiger partial charge in [-0.1, -0.05) is 31.4 Å². The summed E-state index contributed by atoms with van der Waals surface area (Å²) in [6.07, 6.45) is 14.0. The second kappa shape index (κ2) is 11.4. The van der Waals surface area contributed by atoms with E-state index in [0.29, 0.717) is 11.2 Å². The Morgan fingerprint density at radius 3 is 2.69 bits per heavy atom. The van der Waals surface area contributed by atoms with E-state index in [1.54, 1.807) is 18.3 Å². The Labute approximate surface area is 204 Å². The van der Waals surface area contributed by atoms with Crippen LogP contribution >= 0.6 is 0 Å². The highest BCUT2D eigenvalue weighted by Gasteiger charge is 2.28. The highest BCUT2D eigenvalue weighted by Crippen LogP contribution is 2.34. The number of amides is 1. The molecule has 3 N–H and O–H groups in total. The molecule has 2 aliphatic rings. The van der Waals surface area contributed by atoms with Gasteiger partial charge < -0.3 is 20.5 Å². The molecule has 9 nitrogen and oxygen atoms in total. The number of pyridine rings is 1. The summed E-state index contributed by atoms with van der Waals surface area (Å²) in [6.45, 7) is 0.0142. The van der Waals surface area contributed by atoms with Crippen LogP contribution in [-0.4, -0.2) is 52.0 Å². The number of carbonyl (C=O) groups is 3. The molecule has 2 aromatic rings. The maximum absolute atomic E-state index is 13.1. The molecule has 1 fully saturated rings. The number of esters is 1. The molecular formula is C26H34N4O5. The van der Waals surface area contributed by atoms with E-state index in [9.17, 15) is 19.5 Å². The Bertz CT molecular complexity index is 1100. The molecule has 2 atom stereocenters. The maximum Gasteiger partial charge on any atom is 0.325 e. The monoisotopic (exact) mass is 482 g/mol. The van der Waals surface area contributed by atoms with E-state index in [1.807, 2.05) is 4.40 Å². The number of methoxy groups -OCH3 is 1. The second-order valence-electron chi connectivity index (χ2n) is 9.48. The number of anilines is 1. The quantitative estimate of drug-likeness (QED) is 0.366. The number of carbonyl (C=O) groups excluding carboxylic acids is 2. The predicted molar refractivity (Wildman–Crippen MR) is 132 cm³/mol. The van der Waals surface area contributed by atoms with Crippen LogP contribution in [0.15, 0.2) is 30.5 Å². The first kappa shape index (κ1) is 24.8. The van der Waals surface area contributed by atoms with Crippen molar-refractivity contribution in [1.82, 2.24) is 14.7 Å². The van der Waals surface area contributed by atoms with Crippen molar-refractivity contribution < 1.29 is 24.2 Å². The van der Waals surface area contributed by atoms with Gasteiger partial charge in [0.1, 0.15) is 18.0 Å². The molecule has 2 aliphatic carbocycles. The molecule has 1 amide bonds. The minimum atomic E-state index is -0.905. The Morgan fingerprint density at radius 1 is 1.20 bits per heavy atom. The summed E-state index contributed by atoms with van der Waals surface area (Å²) in [6, 6.07) is 3.04. The van der Waals surface area contributed by atoms with E-state index in [1.165, 1.54) is 7.11 Å². The van der Waals surface area contributed by atoms with E-state index >= 15 is 0 Å². The molecule has 1 saturated carbocycles. The summed E-state index contributed by atoms with van der Waals surface area (Å²) in [4.78, 5) is 41.2. The third kappa shape index (κ3) is 6.01. The summed E-state index contributed by atoms with van der Waals surface area (Å²) in [5, 5.41) is 15.5. The molecule has 2 aromatic heterocycles. The first-order valence-corrected chi connectivity index (χ1v) is 12.5. The van der Waals surface area contributed by atoms with Gasteiger partial charge in [0.2, 0.25) is 0 Å². The van der Waals surface area contributed by atoms with Crippen molar-refractivity contribution in [3.05, 3.63) is 41.7 Å². The molecule has 188 valence electrons. The lowest BCUT2D eigenvalue weighted by molar-refractivity contribution is -0.139. The number of imidazole rings is 1. The minimum Gasteiger partial charge on any atom is -0.481 e. The third-order valence-corrected chi connectivity index (χ3v) is 7.13. The molecular weight excluding hydrogens is 448 g/mol. The summed E-state index contributed by atoms with van der Waals surface area (Å²) in [5.41, 5.74) is 1.90. The van der Waals surface area contributed by atoms with Gasteiger partial charge in [-0.2, -0.15) is 0 Å². The zero-order valence-corrected chi connectivity index (χ0v) is 20.2. The van der Waals surface area contributed by atoms with Gasteiger partial charge in [0, 0.05) is 23.7 Å². The minimum absolute atomic E-state index is 0.0142. The number of nitrogens with one attached hydrogen (secondary N) is 2. The molecule has 4 rings (SSSR count). The molecule has 0 spiro atoms. The zero-order valence-electron chi connectivity index (χ0n) is 20.2. The largest absolute Gasteiger partial charge is 0.481 e. The lowest BCUT2D eigenvalue weighted by Crippen LogP contribution is -2.42. The van der Waals surface area contributed by atoms with Gasteiger partial charge in [-0.25, -0.2) is 4.98 Å². The standard InChI is InChI=1S/C26H34N4O5/c1-35-23(33)16-27-25-24(18-10-6-3-7-11-18)29-21-14-19(12-13-30(21)25)26(34)28-20(15-22(31)32)17-8-4-2-5-9-17/h3,6,12-14,17-18,20,27H,2,4-5,7-11,15-16H2,1H3,(H,28,34)(H,31,32). The van der Waals surface area contributed by atoms with E-state index in [2.05, 4.69) is 22.8 Å². The van der Waals surface area contributed by atoms with Crippen LogP contribution in [0.4, 0.5) is 5.82 Å². The van der Waals surface area contributed by atoms with Gasteiger partial charge in [-0.15, -0.1) is 0 Å². The fraction of sp³-hybridized carbons (Fsp3) is 0.538. The number of nitrogens with zero attached hydrogens (tertiary/aromatic N) is 2. The van der Waals surface area contributed by atoms with Crippen LogP contribution in [-0.2, 0) is 14.3 Å². The van der Waals surface area contributed by atoms with Crippen LogP contribution in [0.1, 0.15) is 79.8 Å². The number of fused-ring (bicyclic) bond motifs is 1. The average molecular weight is 483 g/mol. The molecule has 2 heterocycles. The van der Waals surface area contributed by atoms with Crippen molar-refractivity contribution >= 4 is 29.3 Å². The number of ether oxygens (including phenoxy) is 1. The van der Waals surface area contributed by atoms with Gasteiger partial charge in [0.25, 0.3) is 5.91 Å². The van der Waals surface area contributed by atoms with Crippen molar-refractivity contribution in [3.8, 4) is 0 Å². The van der Waals surface area contributed by atoms with Gasteiger partial charge in [0.15, 0.2) is 0 Å². The lowest BCUT2D eigenvalue weighted by atomic mass is 9.82. The lowest BCUT2D eigenvalue weighted by Gasteiger charge is -2.30. The number of carboxylic acid groups (broad SMARTS) is 1. The Morgan fingerprint density at radius 2 is 2.00 bits per heavy atom. The molecule has 35 heavy (non-hydrogen) atoms. The summed E-state index contributed by atoms with van der Waals surface area (Å²) >= 11 is 0. The average Bonchev–Trinajstić information content (AvgIpc) is 3.25. The van der Waals surface area contributed by atoms with Gasteiger partial charge in [-0.05, 0) is 50.2 Å². The first-order valence-electron chi connectivity index (χ1n) is 12.5. The molecule has 0 bridgehead atoms. The number of allylic oxidation sites excluding steroid dienone is 2. The highest BCUT2D eigenvalue weighted by atomic mass is 16.5. The number of hydrogen-bond acceptors (Lipinski definition) is 6. The van der Waals surface area contributed by atoms with Crippen LogP contribution in [0, 0.1) is 5.92 Å². The van der Waals surface area contributed by atoms with Crippen molar-refractivity contribution in [2.75, 3.05) is 19.0 Å². The van der Waals surface area contributed by atoms with Gasteiger partial charge >= 0.3 is 11.9 Å². The number of carboxylic acids is 1. The number of rotatable bonds is 9. The van der Waals surface area contributed by atoms with Crippen LogP contribution in [0.5, 0.6) is 0 Å². The molecule has 0 aliphatic heterocycles. The molecule has 0 saturated heterocycles. The fourth-order valence-corrected chi connectivity index (χ4v) is 5.25. The molecule has 0 radical (unpaired) electrons. The van der Waals surface area contributed by atoms with Crippen molar-refractivity contribution in [2.45, 2.75) is 69.7 Å². The van der Waals surface area contributed by atoms with Crippen LogP contribution in [0.3, 0.4) is 0 Å². The highest BCUT2D eigenvalue weighted by molar-refractivity contribution is 5.95. The molecule has 2 unspecified atom stereocenters. The fourth-order valence-electron chi connectivity index (χ4n) is 5.25. The van der Waals surface area contributed by atoms with E-state index in [0.717, 1.165) is 62.9 Å². The Balaban J connectivity index is 1.59. The Kier molecular flexibility index (Phi) is 8.05. The van der Waals surface area contributed by atoms with Crippen LogP contribution in [0.25, 0.3) is 5.65 Å². The summed E-state index contributed by atoms with van der Waals surface area (Å²) in [7, 11) is 1.35. The van der Waals surface area contributed by atoms with E-state index in [4.69, 9.17) is 9.72 Å². The predicted octanol–water partition coefficient (Wildman–Crippen LogP) is 3.90. The third-order valence-electron chi connectivity index (χ3n) is 7.13. The topological polar surface area (TPSA) is 122 Å². The SMILES string of the molecule is COC(=O)CNc1c(C2CC=CCC2)nc2cc(C(=O)NC(CC(=O)O)C3CCCCC3)ccn12. The first-order chi connectivity index (χ1) is 17.0. The normalized spacial score (nSPS) is 19.3. The molecule has 9 heteroatoms. The van der Waals surface area contributed by atoms with Crippen LogP contribution < -0.4 is 10.6 Å². The smallest absolute Gasteiger partial charge is 0.325 e. The number of hydrogen-bond donors (Lipinski definition) is 3. The second-order valence-corrected chi connectivity index (χ2v) is 9.48.